The average molecular weight is 487 g/mol. The summed E-state index contributed by atoms with van der Waals surface area (Å²) in [4.78, 5) is 12.2. The minimum Gasteiger partial charge on any atom is -0.486 e. The Morgan fingerprint density at radius 3 is 2.69 bits per heavy atom. The van der Waals surface area contributed by atoms with Crippen LogP contribution in [-0.2, 0) is 4.79 Å². The Bertz CT molecular complexity index is 835. The van der Waals surface area contributed by atoms with Gasteiger partial charge in [0.1, 0.15) is 13.2 Å². The highest BCUT2D eigenvalue weighted by Crippen LogP contribution is 2.39. The molecule has 0 saturated carbocycles. The van der Waals surface area contributed by atoms with Crippen molar-refractivity contribution in [3.8, 4) is 17.6 Å². The molecule has 2 aromatic carbocycles. The van der Waals surface area contributed by atoms with Crippen LogP contribution in [0.1, 0.15) is 11.1 Å². The SMILES string of the molecule is Cc1c(Cl)cc(OC(=O)CNc2ccc(C#N)cc2)c(OCCO)c1I. The zero-order valence-electron chi connectivity index (χ0n) is 13.9. The third-order valence-corrected chi connectivity index (χ3v) is 5.07. The average Bonchev–Trinajstić information content (AvgIpc) is 2.65. The van der Waals surface area contributed by atoms with Gasteiger partial charge in [0, 0.05) is 16.8 Å². The number of ether oxygens (including phenoxy) is 2. The molecule has 0 amide bonds. The molecule has 8 heteroatoms. The molecule has 0 unspecified atom stereocenters. The van der Waals surface area contributed by atoms with E-state index in [1.807, 2.05) is 13.0 Å². The number of hydrogen-bond acceptors (Lipinski definition) is 6. The van der Waals surface area contributed by atoms with E-state index >= 15 is 0 Å². The minimum absolute atomic E-state index is 0.0745. The van der Waals surface area contributed by atoms with Gasteiger partial charge in [0.25, 0.3) is 0 Å². The quantitative estimate of drug-likeness (QED) is 0.354. The number of aliphatic hydroxyl groups is 1. The normalized spacial score (nSPS) is 10.1. The highest BCUT2D eigenvalue weighted by Gasteiger charge is 2.18. The van der Waals surface area contributed by atoms with E-state index in [1.165, 1.54) is 6.07 Å². The Morgan fingerprint density at radius 2 is 2.08 bits per heavy atom. The fourth-order valence-corrected chi connectivity index (χ4v) is 3.09. The molecule has 0 aromatic heterocycles. The van der Waals surface area contributed by atoms with Gasteiger partial charge in [0.2, 0.25) is 0 Å². The highest BCUT2D eigenvalue weighted by molar-refractivity contribution is 14.1. The van der Waals surface area contributed by atoms with E-state index in [0.717, 1.165) is 5.56 Å². The van der Waals surface area contributed by atoms with Gasteiger partial charge in [-0.1, -0.05) is 11.6 Å². The number of anilines is 1. The molecular weight excluding hydrogens is 471 g/mol. The van der Waals surface area contributed by atoms with Gasteiger partial charge in [-0.3, -0.25) is 0 Å². The zero-order valence-corrected chi connectivity index (χ0v) is 16.8. The number of nitriles is 1. The van der Waals surface area contributed by atoms with Crippen LogP contribution >= 0.6 is 34.2 Å². The van der Waals surface area contributed by atoms with Crippen LogP contribution < -0.4 is 14.8 Å². The van der Waals surface area contributed by atoms with E-state index in [2.05, 4.69) is 27.9 Å². The predicted molar refractivity (Wildman–Crippen MR) is 107 cm³/mol. The van der Waals surface area contributed by atoms with Gasteiger partial charge in [-0.05, 0) is 59.3 Å². The molecule has 136 valence electrons. The summed E-state index contributed by atoms with van der Waals surface area (Å²) in [6.07, 6.45) is 0. The molecule has 0 spiro atoms. The van der Waals surface area contributed by atoms with Crippen molar-refractivity contribution in [3.05, 3.63) is 50.1 Å². The minimum atomic E-state index is -0.529. The van der Waals surface area contributed by atoms with Crippen LogP contribution in [0.25, 0.3) is 0 Å². The summed E-state index contributed by atoms with van der Waals surface area (Å²) < 4.78 is 11.6. The maximum absolute atomic E-state index is 12.2. The third-order valence-electron chi connectivity index (χ3n) is 3.38. The monoisotopic (exact) mass is 486 g/mol. The number of esters is 1. The fraction of sp³-hybridized carbons (Fsp3) is 0.222. The summed E-state index contributed by atoms with van der Waals surface area (Å²) in [7, 11) is 0. The molecule has 0 radical (unpaired) electrons. The Kier molecular flexibility index (Phi) is 7.50. The van der Waals surface area contributed by atoms with Gasteiger partial charge in [-0.2, -0.15) is 5.26 Å². The van der Waals surface area contributed by atoms with Crippen LogP contribution in [0.5, 0.6) is 11.5 Å². The van der Waals surface area contributed by atoms with Crippen molar-refractivity contribution in [2.24, 2.45) is 0 Å². The summed E-state index contributed by atoms with van der Waals surface area (Å²) in [6.45, 7) is 1.66. The lowest BCUT2D eigenvalue weighted by Gasteiger charge is -2.15. The van der Waals surface area contributed by atoms with Crippen molar-refractivity contribution in [2.45, 2.75) is 6.92 Å². The lowest BCUT2D eigenvalue weighted by Crippen LogP contribution is -2.20. The van der Waals surface area contributed by atoms with Crippen molar-refractivity contribution in [3.63, 3.8) is 0 Å². The first kappa shape index (κ1) is 20.3. The summed E-state index contributed by atoms with van der Waals surface area (Å²) in [6, 6.07) is 10.2. The van der Waals surface area contributed by atoms with Gasteiger partial charge in [0.05, 0.1) is 21.8 Å². The lowest BCUT2D eigenvalue weighted by molar-refractivity contribution is -0.132. The lowest BCUT2D eigenvalue weighted by atomic mass is 10.2. The number of nitrogens with one attached hydrogen (secondary N) is 1. The number of benzene rings is 2. The van der Waals surface area contributed by atoms with E-state index < -0.39 is 5.97 Å². The van der Waals surface area contributed by atoms with E-state index in [4.69, 9.17) is 31.4 Å². The summed E-state index contributed by atoms with van der Waals surface area (Å²) in [5.41, 5.74) is 2.03. The fourth-order valence-electron chi connectivity index (χ4n) is 2.03. The topological polar surface area (TPSA) is 91.6 Å². The number of carbonyl (C=O) groups excluding carboxylic acids is 1. The zero-order chi connectivity index (χ0) is 19.1. The van der Waals surface area contributed by atoms with Crippen molar-refractivity contribution in [2.75, 3.05) is 25.1 Å². The first-order valence-corrected chi connectivity index (χ1v) is 9.09. The second-order valence-corrected chi connectivity index (χ2v) is 6.70. The second kappa shape index (κ2) is 9.62. The van der Waals surface area contributed by atoms with Crippen molar-refractivity contribution >= 4 is 45.8 Å². The molecule has 0 aliphatic heterocycles. The van der Waals surface area contributed by atoms with Gasteiger partial charge in [-0.15, -0.1) is 0 Å². The predicted octanol–water partition coefficient (Wildman–Crippen LogP) is 3.51. The summed E-state index contributed by atoms with van der Waals surface area (Å²) in [5, 5.41) is 21.1. The molecule has 0 saturated heterocycles. The number of rotatable bonds is 7. The van der Waals surface area contributed by atoms with Crippen LogP contribution in [0.4, 0.5) is 5.69 Å². The standard InChI is InChI=1S/C18H16ClIN2O4/c1-11-14(19)8-15(18(17(11)20)25-7-6-23)26-16(24)10-22-13-4-2-12(9-21)3-5-13/h2-5,8,22-23H,6-7,10H2,1H3. The molecule has 0 atom stereocenters. The third kappa shape index (κ3) is 5.24. The second-order valence-electron chi connectivity index (χ2n) is 5.21. The molecule has 0 heterocycles. The van der Waals surface area contributed by atoms with Gasteiger partial charge < -0.3 is 19.9 Å². The van der Waals surface area contributed by atoms with Crippen LogP contribution in [0.2, 0.25) is 5.02 Å². The van der Waals surface area contributed by atoms with Crippen LogP contribution in [0.15, 0.2) is 30.3 Å². The van der Waals surface area contributed by atoms with Crippen LogP contribution in [-0.4, -0.2) is 30.8 Å². The van der Waals surface area contributed by atoms with E-state index in [1.54, 1.807) is 24.3 Å². The number of aliphatic hydroxyl groups excluding tert-OH is 1. The summed E-state index contributed by atoms with van der Waals surface area (Å²) in [5.74, 6) is 0.0391. The molecule has 0 aliphatic rings. The Balaban J connectivity index is 2.08. The Morgan fingerprint density at radius 1 is 1.38 bits per heavy atom. The van der Waals surface area contributed by atoms with Crippen LogP contribution in [0.3, 0.4) is 0 Å². The summed E-state index contributed by atoms with van der Waals surface area (Å²) >= 11 is 8.22. The van der Waals surface area contributed by atoms with Crippen molar-refractivity contribution < 1.29 is 19.4 Å². The van der Waals surface area contributed by atoms with Gasteiger partial charge in [0.15, 0.2) is 11.5 Å². The van der Waals surface area contributed by atoms with Crippen molar-refractivity contribution in [1.82, 2.24) is 0 Å². The molecule has 2 rings (SSSR count). The smallest absolute Gasteiger partial charge is 0.330 e. The first-order chi connectivity index (χ1) is 12.5. The maximum Gasteiger partial charge on any atom is 0.330 e. The molecule has 0 fully saturated rings. The molecule has 0 bridgehead atoms. The number of nitrogens with zero attached hydrogens (tertiary/aromatic N) is 1. The van der Waals surface area contributed by atoms with E-state index in [0.29, 0.717) is 25.6 Å². The molecular formula is C18H16ClIN2O4. The Labute approximate surface area is 169 Å². The Hall–Kier alpha value is -2.02. The number of carbonyl (C=O) groups is 1. The van der Waals surface area contributed by atoms with Crippen LogP contribution in [0, 0.1) is 21.8 Å². The van der Waals surface area contributed by atoms with Gasteiger partial charge in [-0.25, -0.2) is 4.79 Å². The molecule has 2 aromatic rings. The first-order valence-electron chi connectivity index (χ1n) is 7.63. The van der Waals surface area contributed by atoms with E-state index in [-0.39, 0.29) is 25.5 Å². The van der Waals surface area contributed by atoms with Gasteiger partial charge >= 0.3 is 5.97 Å². The number of halogens is 2. The number of hydrogen-bond donors (Lipinski definition) is 2. The highest BCUT2D eigenvalue weighted by atomic mass is 127. The van der Waals surface area contributed by atoms with E-state index in [9.17, 15) is 4.79 Å². The van der Waals surface area contributed by atoms with Crippen molar-refractivity contribution in [1.29, 1.82) is 5.26 Å². The molecule has 2 N–H and O–H groups in total. The molecule has 6 nitrogen and oxygen atoms in total. The molecule has 0 aliphatic carbocycles. The maximum atomic E-state index is 12.2. The largest absolute Gasteiger partial charge is 0.486 e. The molecule has 26 heavy (non-hydrogen) atoms.